The standard InChI is InChI=1S/C16H17N3O2/c1-3-19-11-15(10-17-19)18-16(21)14-7-6-12(2)13(9-14)5-4-8-20/h6-7,9-11,20H,3,8H2,1-2H3,(H,18,21). The number of amides is 1. The number of benzene rings is 1. The topological polar surface area (TPSA) is 67.2 Å². The molecular weight excluding hydrogens is 266 g/mol. The van der Waals surface area contributed by atoms with Crippen molar-refractivity contribution >= 4 is 11.6 Å². The number of rotatable bonds is 3. The smallest absolute Gasteiger partial charge is 0.255 e. The van der Waals surface area contributed by atoms with Gasteiger partial charge in [0.15, 0.2) is 0 Å². The van der Waals surface area contributed by atoms with Crippen LogP contribution in [0.2, 0.25) is 0 Å². The lowest BCUT2D eigenvalue weighted by molar-refractivity contribution is 0.102. The summed E-state index contributed by atoms with van der Waals surface area (Å²) in [5.41, 5.74) is 2.88. The molecule has 0 unspecified atom stereocenters. The van der Waals surface area contributed by atoms with E-state index in [9.17, 15) is 4.79 Å². The molecule has 0 saturated carbocycles. The van der Waals surface area contributed by atoms with Crippen molar-refractivity contribution in [2.24, 2.45) is 0 Å². The number of hydrogen-bond acceptors (Lipinski definition) is 3. The van der Waals surface area contributed by atoms with Crippen molar-refractivity contribution in [2.75, 3.05) is 11.9 Å². The molecule has 1 amide bonds. The maximum absolute atomic E-state index is 12.2. The first kappa shape index (κ1) is 14.8. The molecule has 0 radical (unpaired) electrons. The highest BCUT2D eigenvalue weighted by atomic mass is 16.2. The number of aliphatic hydroxyl groups excluding tert-OH is 1. The second-order valence-electron chi connectivity index (χ2n) is 4.53. The van der Waals surface area contributed by atoms with Crippen LogP contribution >= 0.6 is 0 Å². The molecule has 2 N–H and O–H groups in total. The number of nitrogens with zero attached hydrogens (tertiary/aromatic N) is 2. The predicted molar refractivity (Wildman–Crippen MR) is 81.0 cm³/mol. The minimum absolute atomic E-state index is 0.202. The Balaban J connectivity index is 2.19. The van der Waals surface area contributed by atoms with Crippen LogP contribution in [-0.4, -0.2) is 27.4 Å². The van der Waals surface area contributed by atoms with Gasteiger partial charge in [-0.25, -0.2) is 0 Å². The summed E-state index contributed by atoms with van der Waals surface area (Å²) in [4.78, 5) is 12.2. The lowest BCUT2D eigenvalue weighted by Gasteiger charge is -2.05. The third kappa shape index (κ3) is 3.71. The van der Waals surface area contributed by atoms with Gasteiger partial charge >= 0.3 is 0 Å². The summed E-state index contributed by atoms with van der Waals surface area (Å²) in [6, 6.07) is 5.31. The largest absolute Gasteiger partial charge is 0.384 e. The van der Waals surface area contributed by atoms with Gasteiger partial charge in [0.1, 0.15) is 6.61 Å². The van der Waals surface area contributed by atoms with Gasteiger partial charge in [-0.3, -0.25) is 9.48 Å². The highest BCUT2D eigenvalue weighted by Gasteiger charge is 2.09. The van der Waals surface area contributed by atoms with E-state index >= 15 is 0 Å². The van der Waals surface area contributed by atoms with E-state index < -0.39 is 0 Å². The van der Waals surface area contributed by atoms with Gasteiger partial charge in [-0.05, 0) is 31.5 Å². The van der Waals surface area contributed by atoms with E-state index in [1.54, 1.807) is 29.2 Å². The van der Waals surface area contributed by atoms with E-state index in [4.69, 9.17) is 5.11 Å². The average Bonchev–Trinajstić information content (AvgIpc) is 2.94. The monoisotopic (exact) mass is 283 g/mol. The Bertz CT molecular complexity index is 708. The lowest BCUT2D eigenvalue weighted by atomic mass is 10.0. The van der Waals surface area contributed by atoms with E-state index in [1.165, 1.54) is 0 Å². The van der Waals surface area contributed by atoms with Crippen LogP contribution < -0.4 is 5.32 Å². The van der Waals surface area contributed by atoms with Crippen molar-refractivity contribution in [1.82, 2.24) is 9.78 Å². The van der Waals surface area contributed by atoms with Crippen molar-refractivity contribution in [3.8, 4) is 11.8 Å². The summed E-state index contributed by atoms with van der Waals surface area (Å²) in [6.07, 6.45) is 3.39. The van der Waals surface area contributed by atoms with E-state index in [0.717, 1.165) is 17.7 Å². The fourth-order valence-electron chi connectivity index (χ4n) is 1.84. The molecule has 0 saturated heterocycles. The van der Waals surface area contributed by atoms with E-state index in [1.807, 2.05) is 19.9 Å². The molecule has 1 heterocycles. The van der Waals surface area contributed by atoms with Crippen LogP contribution in [0.1, 0.15) is 28.4 Å². The molecule has 21 heavy (non-hydrogen) atoms. The molecule has 0 spiro atoms. The summed E-state index contributed by atoms with van der Waals surface area (Å²) in [7, 11) is 0. The molecule has 2 rings (SSSR count). The number of aromatic nitrogens is 2. The minimum Gasteiger partial charge on any atom is -0.384 e. The Morgan fingerprint density at radius 1 is 1.48 bits per heavy atom. The summed E-state index contributed by atoms with van der Waals surface area (Å²) >= 11 is 0. The van der Waals surface area contributed by atoms with Crippen molar-refractivity contribution in [2.45, 2.75) is 20.4 Å². The highest BCUT2D eigenvalue weighted by molar-refractivity contribution is 6.04. The zero-order valence-electron chi connectivity index (χ0n) is 12.1. The molecule has 5 nitrogen and oxygen atoms in total. The third-order valence-corrected chi connectivity index (χ3v) is 3.02. The number of hydrogen-bond donors (Lipinski definition) is 2. The molecular formula is C16H17N3O2. The Morgan fingerprint density at radius 2 is 2.29 bits per heavy atom. The predicted octanol–water partition coefficient (Wildman–Crippen LogP) is 1.81. The van der Waals surface area contributed by atoms with Crippen LogP contribution in [0.15, 0.2) is 30.6 Å². The Labute approximate surface area is 123 Å². The Kier molecular flexibility index (Phi) is 4.75. The molecule has 0 aliphatic rings. The van der Waals surface area contributed by atoms with Crippen LogP contribution in [0.3, 0.4) is 0 Å². The second kappa shape index (κ2) is 6.73. The Hall–Kier alpha value is -2.58. The maximum Gasteiger partial charge on any atom is 0.255 e. The number of aliphatic hydroxyl groups is 1. The third-order valence-electron chi connectivity index (χ3n) is 3.02. The van der Waals surface area contributed by atoms with E-state index in [2.05, 4.69) is 22.3 Å². The van der Waals surface area contributed by atoms with E-state index in [0.29, 0.717) is 11.3 Å². The molecule has 1 aromatic heterocycles. The SMILES string of the molecule is CCn1cc(NC(=O)c2ccc(C)c(C#CCO)c2)cn1. The summed E-state index contributed by atoms with van der Waals surface area (Å²) in [5.74, 6) is 5.22. The van der Waals surface area contributed by atoms with Gasteiger partial charge in [0.05, 0.1) is 11.9 Å². The van der Waals surface area contributed by atoms with Gasteiger partial charge in [-0.1, -0.05) is 17.9 Å². The maximum atomic E-state index is 12.2. The molecule has 0 bridgehead atoms. The van der Waals surface area contributed by atoms with Gasteiger partial charge in [-0.15, -0.1) is 0 Å². The van der Waals surface area contributed by atoms with Crippen molar-refractivity contribution in [3.63, 3.8) is 0 Å². The zero-order chi connectivity index (χ0) is 15.2. The summed E-state index contributed by atoms with van der Waals surface area (Å²) in [5, 5.41) is 15.7. The van der Waals surface area contributed by atoms with Crippen molar-refractivity contribution < 1.29 is 9.90 Å². The normalized spacial score (nSPS) is 9.86. The lowest BCUT2D eigenvalue weighted by Crippen LogP contribution is -2.11. The van der Waals surface area contributed by atoms with Crippen LogP contribution in [0.5, 0.6) is 0 Å². The minimum atomic E-state index is -0.210. The van der Waals surface area contributed by atoms with Gasteiger partial charge in [0.2, 0.25) is 0 Å². The van der Waals surface area contributed by atoms with Gasteiger partial charge in [0.25, 0.3) is 5.91 Å². The van der Waals surface area contributed by atoms with Crippen molar-refractivity contribution in [1.29, 1.82) is 0 Å². The first-order valence-electron chi connectivity index (χ1n) is 6.68. The molecule has 108 valence electrons. The molecule has 2 aromatic rings. The number of aryl methyl sites for hydroxylation is 2. The van der Waals surface area contributed by atoms with Crippen LogP contribution in [0.4, 0.5) is 5.69 Å². The van der Waals surface area contributed by atoms with Crippen LogP contribution in [-0.2, 0) is 6.54 Å². The molecule has 0 fully saturated rings. The van der Waals surface area contributed by atoms with Crippen molar-refractivity contribution in [3.05, 3.63) is 47.3 Å². The Morgan fingerprint density at radius 3 is 2.95 bits per heavy atom. The first-order chi connectivity index (χ1) is 10.1. The number of carbonyl (C=O) groups excluding carboxylic acids is 1. The summed E-state index contributed by atoms with van der Waals surface area (Å²) < 4.78 is 1.74. The quantitative estimate of drug-likeness (QED) is 0.844. The fourth-order valence-corrected chi connectivity index (χ4v) is 1.84. The first-order valence-corrected chi connectivity index (χ1v) is 6.68. The second-order valence-corrected chi connectivity index (χ2v) is 4.53. The number of anilines is 1. The fraction of sp³-hybridized carbons (Fsp3) is 0.250. The zero-order valence-corrected chi connectivity index (χ0v) is 12.1. The van der Waals surface area contributed by atoms with Gasteiger partial charge in [0, 0.05) is 23.9 Å². The van der Waals surface area contributed by atoms with Gasteiger partial charge in [-0.2, -0.15) is 5.10 Å². The van der Waals surface area contributed by atoms with Crippen LogP contribution in [0.25, 0.3) is 0 Å². The molecule has 0 aliphatic carbocycles. The van der Waals surface area contributed by atoms with E-state index in [-0.39, 0.29) is 12.5 Å². The summed E-state index contributed by atoms with van der Waals surface area (Å²) in [6.45, 7) is 4.44. The molecule has 5 heteroatoms. The van der Waals surface area contributed by atoms with Crippen LogP contribution in [0, 0.1) is 18.8 Å². The molecule has 0 aliphatic heterocycles. The highest BCUT2D eigenvalue weighted by Crippen LogP contribution is 2.13. The average molecular weight is 283 g/mol. The van der Waals surface area contributed by atoms with Gasteiger partial charge < -0.3 is 10.4 Å². The molecule has 0 atom stereocenters. The number of carbonyl (C=O) groups is 1. The number of nitrogens with one attached hydrogen (secondary N) is 1. The molecule has 1 aromatic carbocycles.